The molecule has 0 spiro atoms. The molecule has 1 aromatic carbocycles. The number of aromatic hydroxyl groups is 1. The third kappa shape index (κ3) is 5.00. The summed E-state index contributed by atoms with van der Waals surface area (Å²) in [6.45, 7) is 16.6. The van der Waals surface area contributed by atoms with Crippen LogP contribution in [0.25, 0.3) is 0 Å². The first kappa shape index (κ1) is 20.8. The number of aryl methyl sites for hydroxylation is 1. The largest absolute Gasteiger partial charge is 0.507 e. The second-order valence-electron chi connectivity index (χ2n) is 9.56. The number of nitrogens with zero attached hydrogens (tertiary/aromatic N) is 1. The van der Waals surface area contributed by atoms with Crippen LogP contribution in [0.4, 0.5) is 0 Å². The fourth-order valence-corrected chi connectivity index (χ4v) is 3.44. The molecule has 4 nitrogen and oxygen atoms in total. The Kier molecular flexibility index (Phi) is 6.06. The molecule has 1 aliphatic heterocycles. The van der Waals surface area contributed by atoms with Gasteiger partial charge in [0, 0.05) is 19.5 Å². The Balaban J connectivity index is 2.22. The number of amides is 1. The fourth-order valence-electron chi connectivity index (χ4n) is 3.44. The summed E-state index contributed by atoms with van der Waals surface area (Å²) in [4.78, 5) is 14.5. The Morgan fingerprint density at radius 2 is 1.69 bits per heavy atom. The molecule has 4 heteroatoms. The molecule has 1 aliphatic rings. The van der Waals surface area contributed by atoms with Crippen LogP contribution in [0, 0.1) is 0 Å². The van der Waals surface area contributed by atoms with Crippen LogP contribution in [0.5, 0.6) is 5.75 Å². The van der Waals surface area contributed by atoms with Crippen molar-refractivity contribution in [2.45, 2.75) is 78.2 Å². The maximum Gasteiger partial charge on any atom is 0.223 e. The van der Waals surface area contributed by atoms with Crippen LogP contribution in [0.3, 0.4) is 0 Å². The molecular weight excluding hydrogens is 326 g/mol. The molecule has 1 heterocycles. The maximum atomic E-state index is 12.6. The highest BCUT2D eigenvalue weighted by Gasteiger charge is 2.27. The van der Waals surface area contributed by atoms with Crippen LogP contribution in [0.15, 0.2) is 12.1 Å². The van der Waals surface area contributed by atoms with E-state index in [0.29, 0.717) is 38.3 Å². The molecular formula is C22H35NO3. The lowest BCUT2D eigenvalue weighted by atomic mass is 9.78. The number of hydrogen-bond acceptors (Lipinski definition) is 3. The minimum Gasteiger partial charge on any atom is -0.507 e. The normalized spacial score (nSPS) is 18.9. The van der Waals surface area contributed by atoms with Gasteiger partial charge in [-0.1, -0.05) is 53.7 Å². The van der Waals surface area contributed by atoms with Gasteiger partial charge >= 0.3 is 0 Å². The van der Waals surface area contributed by atoms with E-state index in [1.54, 1.807) is 0 Å². The Labute approximate surface area is 158 Å². The summed E-state index contributed by atoms with van der Waals surface area (Å²) in [5.74, 6) is 0.574. The quantitative estimate of drug-likeness (QED) is 0.879. The van der Waals surface area contributed by atoms with Gasteiger partial charge in [-0.15, -0.1) is 0 Å². The summed E-state index contributed by atoms with van der Waals surface area (Å²) < 4.78 is 5.52. The maximum absolute atomic E-state index is 12.6. The lowest BCUT2D eigenvalue weighted by Crippen LogP contribution is -2.44. The lowest BCUT2D eigenvalue weighted by molar-refractivity contribution is -0.138. The third-order valence-electron chi connectivity index (χ3n) is 5.01. The number of ether oxygens (including phenoxy) is 1. The van der Waals surface area contributed by atoms with Crippen molar-refractivity contribution in [2.24, 2.45) is 0 Å². The lowest BCUT2D eigenvalue weighted by Gasteiger charge is -2.31. The minimum atomic E-state index is -0.149. The predicted molar refractivity (Wildman–Crippen MR) is 106 cm³/mol. The van der Waals surface area contributed by atoms with Gasteiger partial charge in [0.05, 0.1) is 12.7 Å². The molecule has 1 atom stereocenters. The van der Waals surface area contributed by atoms with E-state index in [2.05, 4.69) is 53.7 Å². The molecule has 26 heavy (non-hydrogen) atoms. The van der Waals surface area contributed by atoms with Gasteiger partial charge in [-0.05, 0) is 40.9 Å². The SMILES string of the molecule is C[C@H]1CN(C(=O)CCc2cc(C(C)(C)C)c(O)c(C(C)(C)C)c2)CCO1. The molecule has 1 N–H and O–H groups in total. The van der Waals surface area contributed by atoms with Crippen molar-refractivity contribution in [2.75, 3.05) is 19.7 Å². The number of hydrogen-bond donors (Lipinski definition) is 1. The number of carbonyl (C=O) groups is 1. The molecule has 1 amide bonds. The zero-order chi connectivity index (χ0) is 19.7. The second-order valence-corrected chi connectivity index (χ2v) is 9.56. The van der Waals surface area contributed by atoms with E-state index >= 15 is 0 Å². The third-order valence-corrected chi connectivity index (χ3v) is 5.01. The van der Waals surface area contributed by atoms with Crippen molar-refractivity contribution in [1.82, 2.24) is 4.90 Å². The van der Waals surface area contributed by atoms with Crippen LogP contribution in [-0.2, 0) is 26.8 Å². The standard InChI is InChI=1S/C22H35NO3/c1-15-14-23(10-11-26-15)19(24)9-8-16-12-17(21(2,3)4)20(25)18(13-16)22(5,6)7/h12-13,15,25H,8-11,14H2,1-7H3/t15-/m0/s1. The van der Waals surface area contributed by atoms with Gasteiger partial charge in [0.2, 0.25) is 5.91 Å². The molecule has 0 aliphatic carbocycles. The highest BCUT2D eigenvalue weighted by molar-refractivity contribution is 5.76. The van der Waals surface area contributed by atoms with Crippen LogP contribution in [-0.4, -0.2) is 41.7 Å². The number of rotatable bonds is 3. The van der Waals surface area contributed by atoms with Crippen molar-refractivity contribution in [1.29, 1.82) is 0 Å². The Hall–Kier alpha value is -1.55. The van der Waals surface area contributed by atoms with E-state index in [4.69, 9.17) is 4.74 Å². The fraction of sp³-hybridized carbons (Fsp3) is 0.682. The number of benzene rings is 1. The van der Waals surface area contributed by atoms with Gasteiger partial charge in [-0.25, -0.2) is 0 Å². The molecule has 1 saturated heterocycles. The van der Waals surface area contributed by atoms with Crippen molar-refractivity contribution in [3.8, 4) is 5.75 Å². The molecule has 0 unspecified atom stereocenters. The number of phenolic OH excluding ortho intramolecular Hbond substituents is 1. The van der Waals surface area contributed by atoms with Crippen LogP contribution < -0.4 is 0 Å². The topological polar surface area (TPSA) is 49.8 Å². The Bertz CT molecular complexity index is 617. The summed E-state index contributed by atoms with van der Waals surface area (Å²) >= 11 is 0. The van der Waals surface area contributed by atoms with E-state index in [1.807, 2.05) is 11.8 Å². The second kappa shape index (κ2) is 7.59. The van der Waals surface area contributed by atoms with E-state index < -0.39 is 0 Å². The molecule has 1 aromatic rings. The van der Waals surface area contributed by atoms with Crippen LogP contribution >= 0.6 is 0 Å². The zero-order valence-electron chi connectivity index (χ0n) is 17.5. The van der Waals surface area contributed by atoms with Crippen molar-refractivity contribution in [3.05, 3.63) is 28.8 Å². The van der Waals surface area contributed by atoms with E-state index in [1.165, 1.54) is 0 Å². The summed E-state index contributed by atoms with van der Waals surface area (Å²) in [7, 11) is 0. The van der Waals surface area contributed by atoms with E-state index in [-0.39, 0.29) is 22.8 Å². The zero-order valence-corrected chi connectivity index (χ0v) is 17.5. The molecule has 0 aromatic heterocycles. The minimum absolute atomic E-state index is 0.112. The molecule has 2 rings (SSSR count). The predicted octanol–water partition coefficient (Wildman–Crippen LogP) is 4.17. The van der Waals surface area contributed by atoms with Crippen LogP contribution in [0.2, 0.25) is 0 Å². The molecule has 0 saturated carbocycles. The Morgan fingerprint density at radius 3 is 2.15 bits per heavy atom. The van der Waals surface area contributed by atoms with Crippen LogP contribution in [0.1, 0.15) is 71.6 Å². The molecule has 1 fully saturated rings. The van der Waals surface area contributed by atoms with Crippen molar-refractivity contribution < 1.29 is 14.6 Å². The number of morpholine rings is 1. The van der Waals surface area contributed by atoms with Gasteiger partial charge in [0.25, 0.3) is 0 Å². The first-order chi connectivity index (χ1) is 11.9. The average Bonchev–Trinajstić information content (AvgIpc) is 2.51. The van der Waals surface area contributed by atoms with Gasteiger partial charge in [0.1, 0.15) is 5.75 Å². The molecule has 146 valence electrons. The van der Waals surface area contributed by atoms with Crippen molar-refractivity contribution in [3.63, 3.8) is 0 Å². The molecule has 0 radical (unpaired) electrons. The monoisotopic (exact) mass is 361 g/mol. The van der Waals surface area contributed by atoms with Crippen molar-refractivity contribution >= 4 is 5.91 Å². The van der Waals surface area contributed by atoms with E-state index in [9.17, 15) is 9.90 Å². The summed E-state index contributed by atoms with van der Waals surface area (Å²) in [6, 6.07) is 4.14. The highest BCUT2D eigenvalue weighted by Crippen LogP contribution is 2.40. The van der Waals surface area contributed by atoms with Gasteiger partial charge in [-0.2, -0.15) is 0 Å². The van der Waals surface area contributed by atoms with Gasteiger partial charge in [-0.3, -0.25) is 4.79 Å². The highest BCUT2D eigenvalue weighted by atomic mass is 16.5. The Morgan fingerprint density at radius 1 is 1.15 bits per heavy atom. The number of carbonyl (C=O) groups excluding carboxylic acids is 1. The first-order valence-electron chi connectivity index (χ1n) is 9.66. The smallest absolute Gasteiger partial charge is 0.223 e. The average molecular weight is 362 g/mol. The summed E-state index contributed by atoms with van der Waals surface area (Å²) in [5.41, 5.74) is 2.72. The number of phenols is 1. The first-order valence-corrected chi connectivity index (χ1v) is 9.66. The van der Waals surface area contributed by atoms with E-state index in [0.717, 1.165) is 16.7 Å². The summed E-state index contributed by atoms with van der Waals surface area (Å²) in [6.07, 6.45) is 1.29. The summed E-state index contributed by atoms with van der Waals surface area (Å²) in [5, 5.41) is 10.8. The van der Waals surface area contributed by atoms with Gasteiger partial charge in [0.15, 0.2) is 0 Å². The van der Waals surface area contributed by atoms with Gasteiger partial charge < -0.3 is 14.7 Å². The molecule has 0 bridgehead atoms.